The number of benzene rings is 1. The van der Waals surface area contributed by atoms with Gasteiger partial charge < -0.3 is 14.2 Å². The summed E-state index contributed by atoms with van der Waals surface area (Å²) in [6.45, 7) is 12.4. The second-order valence-corrected chi connectivity index (χ2v) is 8.08. The lowest BCUT2D eigenvalue weighted by atomic mass is 9.96. The normalized spacial score (nSPS) is 14.9. The second-order valence-electron chi connectivity index (χ2n) is 8.08. The highest BCUT2D eigenvalue weighted by Gasteiger charge is 2.31. The van der Waals surface area contributed by atoms with E-state index < -0.39 is 0 Å². The number of esters is 1. The van der Waals surface area contributed by atoms with Crippen molar-refractivity contribution in [3.63, 3.8) is 0 Å². The quantitative estimate of drug-likeness (QED) is 0.712. The smallest absolute Gasteiger partial charge is 0.309 e. The van der Waals surface area contributed by atoms with E-state index >= 15 is 0 Å². The SMILES string of the molecule is CCOC(=O)C1CCN(C(=O)c2c(C)c(C)c(C)n2Cc2cccc(C)c2)CC1. The Labute approximate surface area is 173 Å². The number of carbonyl (C=O) groups excluding carboxylic acids is 2. The number of carbonyl (C=O) groups is 2. The summed E-state index contributed by atoms with van der Waals surface area (Å²) in [7, 11) is 0. The summed E-state index contributed by atoms with van der Waals surface area (Å²) in [6.07, 6.45) is 1.33. The molecule has 2 aromatic rings. The summed E-state index contributed by atoms with van der Waals surface area (Å²) in [5.74, 6) is -0.165. The van der Waals surface area contributed by atoms with Crippen molar-refractivity contribution in [1.82, 2.24) is 9.47 Å². The van der Waals surface area contributed by atoms with Crippen LogP contribution in [0.4, 0.5) is 0 Å². The van der Waals surface area contributed by atoms with Gasteiger partial charge in [-0.05, 0) is 64.2 Å². The topological polar surface area (TPSA) is 51.5 Å². The van der Waals surface area contributed by atoms with Crippen LogP contribution in [-0.2, 0) is 16.1 Å². The van der Waals surface area contributed by atoms with E-state index in [2.05, 4.69) is 49.6 Å². The molecule has 1 saturated heterocycles. The van der Waals surface area contributed by atoms with Gasteiger partial charge in [0, 0.05) is 25.3 Å². The maximum Gasteiger partial charge on any atom is 0.309 e. The molecule has 1 aliphatic heterocycles. The molecule has 1 amide bonds. The molecule has 5 nitrogen and oxygen atoms in total. The van der Waals surface area contributed by atoms with Crippen LogP contribution in [0.2, 0.25) is 0 Å². The first-order valence-corrected chi connectivity index (χ1v) is 10.5. The average molecular weight is 397 g/mol. The highest BCUT2D eigenvalue weighted by Crippen LogP contribution is 2.26. The van der Waals surface area contributed by atoms with Crippen LogP contribution in [0.5, 0.6) is 0 Å². The third-order valence-corrected chi connectivity index (χ3v) is 6.16. The molecule has 3 rings (SSSR count). The molecular weight excluding hydrogens is 364 g/mol. The molecule has 0 N–H and O–H groups in total. The minimum absolute atomic E-state index is 0.0636. The molecule has 5 heteroatoms. The standard InChI is InChI=1S/C24H32N2O3/c1-6-29-24(28)21-10-12-25(13-11-21)23(27)22-18(4)17(3)19(5)26(22)15-20-9-7-8-16(2)14-20/h7-9,14,21H,6,10-13,15H2,1-5H3. The molecule has 2 heterocycles. The number of nitrogens with zero attached hydrogens (tertiary/aromatic N) is 2. The Morgan fingerprint density at radius 3 is 2.38 bits per heavy atom. The lowest BCUT2D eigenvalue weighted by Gasteiger charge is -2.31. The van der Waals surface area contributed by atoms with Crippen molar-refractivity contribution >= 4 is 11.9 Å². The molecule has 0 bridgehead atoms. The molecule has 1 fully saturated rings. The van der Waals surface area contributed by atoms with Crippen molar-refractivity contribution in [2.45, 2.75) is 54.0 Å². The summed E-state index contributed by atoms with van der Waals surface area (Å²) < 4.78 is 7.30. The van der Waals surface area contributed by atoms with Crippen LogP contribution in [0.15, 0.2) is 24.3 Å². The fraction of sp³-hybridized carbons (Fsp3) is 0.500. The Morgan fingerprint density at radius 2 is 1.76 bits per heavy atom. The first-order valence-electron chi connectivity index (χ1n) is 10.5. The van der Waals surface area contributed by atoms with Gasteiger partial charge in [-0.2, -0.15) is 0 Å². The van der Waals surface area contributed by atoms with Crippen LogP contribution < -0.4 is 0 Å². The third kappa shape index (κ3) is 4.39. The Balaban J connectivity index is 1.82. The van der Waals surface area contributed by atoms with Gasteiger partial charge in [-0.25, -0.2) is 0 Å². The number of hydrogen-bond donors (Lipinski definition) is 0. The van der Waals surface area contributed by atoms with Crippen LogP contribution in [0, 0.1) is 33.6 Å². The van der Waals surface area contributed by atoms with Crippen molar-refractivity contribution in [2.24, 2.45) is 5.92 Å². The predicted molar refractivity (Wildman–Crippen MR) is 114 cm³/mol. The maximum absolute atomic E-state index is 13.5. The summed E-state index contributed by atoms with van der Waals surface area (Å²) in [4.78, 5) is 27.3. The van der Waals surface area contributed by atoms with Crippen molar-refractivity contribution in [3.05, 3.63) is 57.9 Å². The zero-order valence-electron chi connectivity index (χ0n) is 18.2. The van der Waals surface area contributed by atoms with Crippen LogP contribution in [0.25, 0.3) is 0 Å². The number of ether oxygens (including phenoxy) is 1. The molecule has 0 unspecified atom stereocenters. The molecule has 1 aliphatic rings. The second kappa shape index (κ2) is 8.85. The van der Waals surface area contributed by atoms with Crippen LogP contribution >= 0.6 is 0 Å². The van der Waals surface area contributed by atoms with Crippen LogP contribution in [0.3, 0.4) is 0 Å². The zero-order valence-corrected chi connectivity index (χ0v) is 18.2. The van der Waals surface area contributed by atoms with E-state index in [0.29, 0.717) is 39.1 Å². The fourth-order valence-electron chi connectivity index (χ4n) is 4.22. The molecule has 0 radical (unpaired) electrons. The lowest BCUT2D eigenvalue weighted by Crippen LogP contribution is -2.41. The average Bonchev–Trinajstić information content (AvgIpc) is 2.91. The zero-order chi connectivity index (χ0) is 21.1. The summed E-state index contributed by atoms with van der Waals surface area (Å²) >= 11 is 0. The van der Waals surface area contributed by atoms with Gasteiger partial charge in [0.25, 0.3) is 5.91 Å². The highest BCUT2D eigenvalue weighted by atomic mass is 16.5. The van der Waals surface area contributed by atoms with Gasteiger partial charge in [0.15, 0.2) is 0 Å². The monoisotopic (exact) mass is 396 g/mol. The third-order valence-electron chi connectivity index (χ3n) is 6.16. The van der Waals surface area contributed by atoms with Gasteiger partial charge in [-0.3, -0.25) is 9.59 Å². The van der Waals surface area contributed by atoms with Crippen LogP contribution in [0.1, 0.15) is 58.2 Å². The van der Waals surface area contributed by atoms with Gasteiger partial charge in [-0.15, -0.1) is 0 Å². The van der Waals surface area contributed by atoms with Crippen LogP contribution in [-0.4, -0.2) is 41.0 Å². The summed E-state index contributed by atoms with van der Waals surface area (Å²) in [6, 6.07) is 8.42. The Morgan fingerprint density at radius 1 is 1.07 bits per heavy atom. The van der Waals surface area contributed by atoms with Crippen molar-refractivity contribution in [2.75, 3.05) is 19.7 Å². The number of hydrogen-bond acceptors (Lipinski definition) is 3. The Hall–Kier alpha value is -2.56. The van der Waals surface area contributed by atoms with Gasteiger partial charge in [0.2, 0.25) is 0 Å². The van der Waals surface area contributed by atoms with E-state index in [9.17, 15) is 9.59 Å². The first kappa shape index (κ1) is 21.2. The van der Waals surface area contributed by atoms with E-state index in [1.165, 1.54) is 16.7 Å². The largest absolute Gasteiger partial charge is 0.466 e. The molecule has 0 spiro atoms. The molecule has 29 heavy (non-hydrogen) atoms. The number of likely N-dealkylation sites (tertiary alicyclic amines) is 1. The van der Waals surface area contributed by atoms with E-state index in [4.69, 9.17) is 4.74 Å². The van der Waals surface area contributed by atoms with E-state index in [1.54, 1.807) is 0 Å². The minimum Gasteiger partial charge on any atom is -0.466 e. The first-order chi connectivity index (χ1) is 13.8. The number of amides is 1. The van der Waals surface area contributed by atoms with Gasteiger partial charge in [0.05, 0.1) is 12.5 Å². The molecule has 0 saturated carbocycles. The summed E-state index contributed by atoms with van der Waals surface area (Å²) in [5.41, 5.74) is 6.53. The fourth-order valence-corrected chi connectivity index (χ4v) is 4.22. The van der Waals surface area contributed by atoms with Gasteiger partial charge in [-0.1, -0.05) is 29.8 Å². The number of rotatable bonds is 5. The van der Waals surface area contributed by atoms with E-state index in [1.807, 2.05) is 18.7 Å². The molecule has 1 aromatic heterocycles. The molecule has 0 aliphatic carbocycles. The predicted octanol–water partition coefficient (Wildman–Crippen LogP) is 4.19. The number of aryl methyl sites for hydroxylation is 1. The van der Waals surface area contributed by atoms with Crippen molar-refractivity contribution in [3.8, 4) is 0 Å². The lowest BCUT2D eigenvalue weighted by molar-refractivity contribution is -0.149. The molecular formula is C24H32N2O3. The minimum atomic E-state index is -0.134. The Kier molecular flexibility index (Phi) is 6.46. The number of aromatic nitrogens is 1. The molecule has 156 valence electrons. The molecule has 0 atom stereocenters. The van der Waals surface area contributed by atoms with Crippen molar-refractivity contribution in [1.29, 1.82) is 0 Å². The van der Waals surface area contributed by atoms with E-state index in [0.717, 1.165) is 17.0 Å². The van der Waals surface area contributed by atoms with Crippen molar-refractivity contribution < 1.29 is 14.3 Å². The number of piperidine rings is 1. The Bertz CT molecular complexity index is 905. The van der Waals surface area contributed by atoms with Gasteiger partial charge in [0.1, 0.15) is 5.69 Å². The van der Waals surface area contributed by atoms with Gasteiger partial charge >= 0.3 is 5.97 Å². The van der Waals surface area contributed by atoms with E-state index in [-0.39, 0.29) is 17.8 Å². The molecule has 1 aromatic carbocycles. The summed E-state index contributed by atoms with van der Waals surface area (Å²) in [5, 5.41) is 0. The highest BCUT2D eigenvalue weighted by molar-refractivity contribution is 5.95. The maximum atomic E-state index is 13.5.